The van der Waals surface area contributed by atoms with Crippen LogP contribution >= 0.6 is 11.3 Å². The fraction of sp³-hybridized carbons (Fsp3) is 0. The Balaban J connectivity index is 0.904. The molecule has 0 radical (unpaired) electrons. The monoisotopic (exact) mass is 950 g/mol. The molecular weight excluding hydrogens is 917 g/mol. The maximum atomic E-state index is 5.44. The lowest BCUT2D eigenvalue weighted by Crippen LogP contribution is -1.97. The summed E-state index contributed by atoms with van der Waals surface area (Å²) in [7, 11) is 0. The molecule has 15 rings (SSSR count). The van der Waals surface area contributed by atoms with Crippen molar-refractivity contribution < 1.29 is 0 Å². The average Bonchev–Trinajstić information content (AvgIpc) is 3.86. The fourth-order valence-corrected chi connectivity index (χ4v) is 11.5. The van der Waals surface area contributed by atoms with Crippen molar-refractivity contribution in [1.82, 2.24) is 49.8 Å². The summed E-state index contributed by atoms with van der Waals surface area (Å²) in [5.74, 6) is 2.37. The summed E-state index contributed by atoms with van der Waals surface area (Å²) in [6, 6.07) is 56.2. The van der Waals surface area contributed by atoms with E-state index < -0.39 is 0 Å². The lowest BCUT2D eigenvalue weighted by atomic mass is 9.99. The second-order valence-corrected chi connectivity index (χ2v) is 19.1. The van der Waals surface area contributed by atoms with Gasteiger partial charge in [-0.3, -0.25) is 9.97 Å². The van der Waals surface area contributed by atoms with Crippen molar-refractivity contribution in [3.05, 3.63) is 207 Å². The Bertz CT molecular complexity index is 4750. The van der Waals surface area contributed by atoms with Crippen LogP contribution in [-0.4, -0.2) is 49.8 Å². The van der Waals surface area contributed by atoms with Crippen molar-refractivity contribution in [1.29, 1.82) is 0 Å². The molecule has 0 spiro atoms. The molecular formula is C62H34N10S. The summed E-state index contributed by atoms with van der Waals surface area (Å²) in [5.41, 5.74) is 10.5. The first-order valence-electron chi connectivity index (χ1n) is 23.8. The third kappa shape index (κ3) is 6.71. The second-order valence-electron chi connectivity index (χ2n) is 18.0. The molecule has 0 amide bonds. The Hall–Kier alpha value is -9.84. The van der Waals surface area contributed by atoms with Gasteiger partial charge in [0.05, 0.1) is 5.69 Å². The maximum absolute atomic E-state index is 5.44. The van der Waals surface area contributed by atoms with Crippen molar-refractivity contribution >= 4 is 96.7 Å². The van der Waals surface area contributed by atoms with Crippen LogP contribution in [0.1, 0.15) is 0 Å². The first kappa shape index (κ1) is 41.0. The highest BCUT2D eigenvalue weighted by Crippen LogP contribution is 2.44. The van der Waals surface area contributed by atoms with E-state index in [2.05, 4.69) is 132 Å². The van der Waals surface area contributed by atoms with Crippen LogP contribution in [0.4, 0.5) is 0 Å². The molecule has 0 bridgehead atoms. The number of benzene rings is 8. The summed E-state index contributed by atoms with van der Waals surface area (Å²) in [5, 5.41) is 10.1. The van der Waals surface area contributed by atoms with Gasteiger partial charge in [0, 0.05) is 113 Å². The molecule has 8 aromatic carbocycles. The van der Waals surface area contributed by atoms with Gasteiger partial charge < -0.3 is 0 Å². The van der Waals surface area contributed by atoms with Crippen molar-refractivity contribution in [2.45, 2.75) is 0 Å². The van der Waals surface area contributed by atoms with Gasteiger partial charge in [0.25, 0.3) is 0 Å². The Morgan fingerprint density at radius 2 is 0.753 bits per heavy atom. The van der Waals surface area contributed by atoms with Gasteiger partial charge in [-0.2, -0.15) is 0 Å². The molecule has 11 heteroatoms. The summed E-state index contributed by atoms with van der Waals surface area (Å²) < 4.78 is 2.29. The Kier molecular flexibility index (Phi) is 9.19. The Morgan fingerprint density at radius 3 is 1.34 bits per heavy atom. The van der Waals surface area contributed by atoms with Gasteiger partial charge >= 0.3 is 0 Å². The third-order valence-corrected chi connectivity index (χ3v) is 15.0. The molecule has 0 aliphatic rings. The lowest BCUT2D eigenvalue weighted by Gasteiger charge is -2.13. The van der Waals surface area contributed by atoms with Gasteiger partial charge in [-0.1, -0.05) is 115 Å². The van der Waals surface area contributed by atoms with Crippen LogP contribution in [0.25, 0.3) is 153 Å². The minimum atomic E-state index is 0.561. The van der Waals surface area contributed by atoms with Crippen LogP contribution in [0.5, 0.6) is 0 Å². The Morgan fingerprint density at radius 1 is 0.288 bits per heavy atom. The molecule has 338 valence electrons. The molecule has 0 aliphatic carbocycles. The van der Waals surface area contributed by atoms with Crippen LogP contribution in [-0.2, 0) is 0 Å². The summed E-state index contributed by atoms with van der Waals surface area (Å²) in [6.45, 7) is 0. The number of hydrogen-bond donors (Lipinski definition) is 0. The van der Waals surface area contributed by atoms with Crippen molar-refractivity contribution in [3.63, 3.8) is 0 Å². The predicted octanol–water partition coefficient (Wildman–Crippen LogP) is 14.9. The molecule has 0 saturated carbocycles. The van der Waals surface area contributed by atoms with Crippen molar-refractivity contribution in [2.24, 2.45) is 0 Å². The Labute approximate surface area is 419 Å². The van der Waals surface area contributed by atoms with Gasteiger partial charge in [-0.05, 0) is 81.2 Å². The summed E-state index contributed by atoms with van der Waals surface area (Å²) in [6.07, 6.45) is 13.0. The van der Waals surface area contributed by atoms with Gasteiger partial charge in [0.1, 0.15) is 22.1 Å². The highest BCUT2D eigenvalue weighted by Gasteiger charge is 2.21. The van der Waals surface area contributed by atoms with E-state index in [1.807, 2.05) is 67.4 Å². The largest absolute Gasteiger partial charge is 0.265 e. The zero-order valence-electron chi connectivity index (χ0n) is 38.5. The van der Waals surface area contributed by atoms with E-state index >= 15 is 0 Å². The van der Waals surface area contributed by atoms with Gasteiger partial charge in [-0.25, -0.2) is 39.9 Å². The van der Waals surface area contributed by atoms with E-state index in [-0.39, 0.29) is 0 Å². The molecule has 0 fully saturated rings. The van der Waals surface area contributed by atoms with E-state index in [1.54, 1.807) is 23.7 Å². The van der Waals surface area contributed by atoms with Crippen LogP contribution in [0.15, 0.2) is 207 Å². The van der Waals surface area contributed by atoms with E-state index in [0.717, 1.165) is 125 Å². The van der Waals surface area contributed by atoms with Crippen molar-refractivity contribution in [3.8, 4) is 67.9 Å². The molecule has 7 heterocycles. The highest BCUT2D eigenvalue weighted by molar-refractivity contribution is 7.26. The predicted molar refractivity (Wildman–Crippen MR) is 295 cm³/mol. The number of nitrogens with zero attached hydrogens (tertiary/aromatic N) is 10. The highest BCUT2D eigenvalue weighted by atomic mass is 32.1. The fourth-order valence-electron chi connectivity index (χ4n) is 10.3. The molecule has 0 aliphatic heterocycles. The van der Waals surface area contributed by atoms with Gasteiger partial charge in [-0.15, -0.1) is 11.3 Å². The zero-order valence-corrected chi connectivity index (χ0v) is 39.3. The molecule has 15 aromatic rings. The van der Waals surface area contributed by atoms with Crippen LogP contribution in [0.3, 0.4) is 0 Å². The molecule has 0 unspecified atom stereocenters. The first-order chi connectivity index (χ1) is 36.2. The third-order valence-electron chi connectivity index (χ3n) is 13.8. The second kappa shape index (κ2) is 16.4. The molecule has 7 aromatic heterocycles. The van der Waals surface area contributed by atoms with Gasteiger partial charge in [0.2, 0.25) is 0 Å². The van der Waals surface area contributed by atoms with Crippen LogP contribution in [0.2, 0.25) is 0 Å². The number of thiophene rings is 1. The number of hydrogen-bond acceptors (Lipinski definition) is 11. The van der Waals surface area contributed by atoms with E-state index in [0.29, 0.717) is 23.3 Å². The number of rotatable bonds is 6. The number of fused-ring (bicyclic) bond motifs is 15. The summed E-state index contributed by atoms with van der Waals surface area (Å²) in [4.78, 5) is 50.3. The molecule has 0 atom stereocenters. The van der Waals surface area contributed by atoms with Crippen LogP contribution < -0.4 is 0 Å². The normalized spacial score (nSPS) is 11.8. The quantitative estimate of drug-likeness (QED) is 0.149. The average molecular weight is 951 g/mol. The molecule has 0 N–H and O–H groups in total. The van der Waals surface area contributed by atoms with E-state index in [4.69, 9.17) is 44.9 Å². The smallest absolute Gasteiger partial charge is 0.160 e. The SMILES string of the molecule is c1ccc(-c2cccc(-c3ncc4c5ccccc5c5cnc(-c6cc(-c7cc(-c8ncc9c%10ccccc%10c%10cnc(-c%11ccncc%11)nc%10c9n8)ccn7)c7sc8ccccc8c7c6)nc5c4n3)c2)cc1. The van der Waals surface area contributed by atoms with Crippen LogP contribution in [0, 0.1) is 0 Å². The number of pyridine rings is 2. The van der Waals surface area contributed by atoms with Crippen molar-refractivity contribution in [2.75, 3.05) is 0 Å². The molecule has 0 saturated heterocycles. The van der Waals surface area contributed by atoms with Gasteiger partial charge in [0.15, 0.2) is 23.3 Å². The minimum absolute atomic E-state index is 0.561. The van der Waals surface area contributed by atoms with E-state index in [9.17, 15) is 0 Å². The molecule has 10 nitrogen and oxygen atoms in total. The van der Waals surface area contributed by atoms with E-state index in [1.165, 1.54) is 4.70 Å². The zero-order chi connectivity index (χ0) is 48.0. The first-order valence-corrected chi connectivity index (χ1v) is 24.7. The lowest BCUT2D eigenvalue weighted by molar-refractivity contribution is 1.20. The summed E-state index contributed by atoms with van der Waals surface area (Å²) >= 11 is 1.75. The minimum Gasteiger partial charge on any atom is -0.265 e. The standard InChI is InChI=1S/C62H34N10S/c1-2-11-35(12-3-1)37-13-10-14-38(27-37)60-66-32-49-43-17-6-7-18-44(43)51-34-68-62(72-57(51)56(49)70-60)40-28-46-45-19-8-9-20-53(45)73-58(46)47(29-40)52-30-39(23-26-64-52)61-67-33-50-42-16-5-4-15-41(42)48-31-65-59(36-21-24-63-25-22-36)69-54(48)55(50)71-61/h1-34H. The molecule has 73 heavy (non-hydrogen) atoms. The maximum Gasteiger partial charge on any atom is 0.160 e. The number of aromatic nitrogens is 10. The topological polar surface area (TPSA) is 129 Å².